The Balaban J connectivity index is 2.15. The van der Waals surface area contributed by atoms with Crippen LogP contribution in [-0.2, 0) is 19.6 Å². The molecule has 2 aromatic rings. The summed E-state index contributed by atoms with van der Waals surface area (Å²) in [7, 11) is -3.58. The second kappa shape index (κ2) is 7.20. The molecular weight excluding hydrogens is 302 g/mol. The molecule has 5 nitrogen and oxygen atoms in total. The molecule has 0 aromatic heterocycles. The van der Waals surface area contributed by atoms with E-state index in [9.17, 15) is 13.2 Å². The van der Waals surface area contributed by atoms with E-state index in [-0.39, 0.29) is 6.61 Å². The van der Waals surface area contributed by atoms with Crippen LogP contribution in [0.1, 0.15) is 17.2 Å². The molecule has 0 spiro atoms. The third-order valence-electron chi connectivity index (χ3n) is 2.88. The zero-order valence-electron chi connectivity index (χ0n) is 12.1. The van der Waals surface area contributed by atoms with Crippen LogP contribution >= 0.6 is 0 Å². The van der Waals surface area contributed by atoms with Gasteiger partial charge in [-0.05, 0) is 11.1 Å². The molecule has 0 atom stereocenters. The molecule has 1 amide bonds. The van der Waals surface area contributed by atoms with E-state index < -0.39 is 22.0 Å². The molecule has 2 aromatic carbocycles. The second-order valence-electron chi connectivity index (χ2n) is 4.81. The number of hydrogen-bond donors (Lipinski definition) is 1. The topological polar surface area (TPSA) is 72.5 Å². The zero-order valence-corrected chi connectivity index (χ0v) is 12.9. The molecule has 0 unspecified atom stereocenters. The Hall–Kier alpha value is -2.18. The smallest absolute Gasteiger partial charge is 0.259 e. The van der Waals surface area contributed by atoms with Crippen molar-refractivity contribution >= 4 is 15.9 Å². The SMILES string of the molecule is CS(=O)(=O)NC(=O)COC(c1ccccc1)c1ccccc1. The Morgan fingerprint density at radius 1 is 1.00 bits per heavy atom. The van der Waals surface area contributed by atoms with Gasteiger partial charge in [0.05, 0.1) is 6.26 Å². The normalized spacial score (nSPS) is 11.4. The van der Waals surface area contributed by atoms with Crippen molar-refractivity contribution in [1.82, 2.24) is 4.72 Å². The van der Waals surface area contributed by atoms with Crippen molar-refractivity contribution in [3.8, 4) is 0 Å². The van der Waals surface area contributed by atoms with Crippen LogP contribution < -0.4 is 4.72 Å². The number of sulfonamides is 1. The highest BCUT2D eigenvalue weighted by molar-refractivity contribution is 7.89. The fourth-order valence-electron chi connectivity index (χ4n) is 2.04. The van der Waals surface area contributed by atoms with Gasteiger partial charge in [0, 0.05) is 0 Å². The van der Waals surface area contributed by atoms with Gasteiger partial charge in [-0.2, -0.15) is 0 Å². The third-order valence-corrected chi connectivity index (χ3v) is 3.48. The van der Waals surface area contributed by atoms with E-state index >= 15 is 0 Å². The fraction of sp³-hybridized carbons (Fsp3) is 0.188. The van der Waals surface area contributed by atoms with Gasteiger partial charge in [0.2, 0.25) is 10.0 Å². The predicted molar refractivity (Wildman–Crippen MR) is 83.7 cm³/mol. The number of carbonyl (C=O) groups is 1. The average Bonchev–Trinajstić information content (AvgIpc) is 2.48. The third kappa shape index (κ3) is 4.98. The number of nitrogens with one attached hydrogen (secondary N) is 1. The lowest BCUT2D eigenvalue weighted by Gasteiger charge is -2.18. The first-order valence-electron chi connectivity index (χ1n) is 6.68. The van der Waals surface area contributed by atoms with E-state index in [0.717, 1.165) is 17.4 Å². The second-order valence-corrected chi connectivity index (χ2v) is 6.56. The van der Waals surface area contributed by atoms with Gasteiger partial charge in [0.1, 0.15) is 12.7 Å². The molecule has 22 heavy (non-hydrogen) atoms. The minimum Gasteiger partial charge on any atom is -0.359 e. The maximum Gasteiger partial charge on any atom is 0.259 e. The molecule has 0 saturated carbocycles. The van der Waals surface area contributed by atoms with E-state index in [1.165, 1.54) is 0 Å². The maximum absolute atomic E-state index is 11.6. The number of rotatable bonds is 6. The highest BCUT2D eigenvalue weighted by Gasteiger charge is 2.17. The Bertz CT molecular complexity index is 675. The van der Waals surface area contributed by atoms with Gasteiger partial charge in [0.25, 0.3) is 5.91 Å². The van der Waals surface area contributed by atoms with Crippen molar-refractivity contribution < 1.29 is 17.9 Å². The monoisotopic (exact) mass is 319 g/mol. The lowest BCUT2D eigenvalue weighted by atomic mass is 10.0. The molecule has 116 valence electrons. The van der Waals surface area contributed by atoms with E-state index in [2.05, 4.69) is 0 Å². The van der Waals surface area contributed by atoms with E-state index in [0.29, 0.717) is 0 Å². The fourth-order valence-corrected chi connectivity index (χ4v) is 2.51. The molecule has 0 aliphatic rings. The van der Waals surface area contributed by atoms with Crippen molar-refractivity contribution in [2.24, 2.45) is 0 Å². The molecular formula is C16H17NO4S. The number of ether oxygens (including phenoxy) is 1. The predicted octanol–water partition coefficient (Wildman–Crippen LogP) is 1.87. The Morgan fingerprint density at radius 2 is 1.45 bits per heavy atom. The van der Waals surface area contributed by atoms with E-state index in [1.54, 1.807) is 0 Å². The largest absolute Gasteiger partial charge is 0.359 e. The highest BCUT2D eigenvalue weighted by Crippen LogP contribution is 2.25. The van der Waals surface area contributed by atoms with Crippen LogP contribution in [0, 0.1) is 0 Å². The summed E-state index contributed by atoms with van der Waals surface area (Å²) in [6.45, 7) is -0.346. The quantitative estimate of drug-likeness (QED) is 0.882. The van der Waals surface area contributed by atoms with Crippen molar-refractivity contribution in [3.63, 3.8) is 0 Å². The van der Waals surface area contributed by atoms with E-state index in [4.69, 9.17) is 4.74 Å². The van der Waals surface area contributed by atoms with Gasteiger partial charge >= 0.3 is 0 Å². The molecule has 0 bridgehead atoms. The molecule has 2 rings (SSSR count). The van der Waals surface area contributed by atoms with Gasteiger partial charge in [0.15, 0.2) is 0 Å². The van der Waals surface area contributed by atoms with Crippen LogP contribution in [0.5, 0.6) is 0 Å². The number of carbonyl (C=O) groups excluding carboxylic acids is 1. The summed E-state index contributed by atoms with van der Waals surface area (Å²) in [5.74, 6) is -0.695. The molecule has 0 heterocycles. The van der Waals surface area contributed by atoms with Gasteiger partial charge < -0.3 is 4.74 Å². The van der Waals surface area contributed by atoms with Crippen molar-refractivity contribution in [2.75, 3.05) is 12.9 Å². The number of benzene rings is 2. The van der Waals surface area contributed by atoms with Crippen LogP contribution in [-0.4, -0.2) is 27.2 Å². The summed E-state index contributed by atoms with van der Waals surface area (Å²) >= 11 is 0. The summed E-state index contributed by atoms with van der Waals surface area (Å²) in [5.41, 5.74) is 1.78. The minimum absolute atomic E-state index is 0.346. The Morgan fingerprint density at radius 3 is 1.86 bits per heavy atom. The first kappa shape index (κ1) is 16.2. The van der Waals surface area contributed by atoms with Crippen LogP contribution in [0.4, 0.5) is 0 Å². The van der Waals surface area contributed by atoms with Crippen LogP contribution in [0.2, 0.25) is 0 Å². The highest BCUT2D eigenvalue weighted by atomic mass is 32.2. The average molecular weight is 319 g/mol. The Kier molecular flexibility index (Phi) is 5.30. The molecule has 0 aliphatic heterocycles. The molecule has 1 N–H and O–H groups in total. The summed E-state index contributed by atoms with van der Waals surface area (Å²) in [4.78, 5) is 11.6. The van der Waals surface area contributed by atoms with Crippen molar-refractivity contribution in [2.45, 2.75) is 6.10 Å². The Labute approximate surface area is 130 Å². The van der Waals surface area contributed by atoms with Crippen LogP contribution in [0.3, 0.4) is 0 Å². The lowest BCUT2D eigenvalue weighted by molar-refractivity contribution is -0.125. The summed E-state index contributed by atoms with van der Waals surface area (Å²) in [6.07, 6.45) is 0.490. The molecule has 0 aliphatic carbocycles. The summed E-state index contributed by atoms with van der Waals surface area (Å²) < 4.78 is 29.6. The van der Waals surface area contributed by atoms with Gasteiger partial charge in [-0.1, -0.05) is 60.7 Å². The summed E-state index contributed by atoms with van der Waals surface area (Å²) in [6, 6.07) is 18.9. The zero-order chi connectivity index (χ0) is 16.0. The summed E-state index contributed by atoms with van der Waals surface area (Å²) in [5, 5.41) is 0. The van der Waals surface area contributed by atoms with Gasteiger partial charge in [-0.15, -0.1) is 0 Å². The molecule has 6 heteroatoms. The van der Waals surface area contributed by atoms with Crippen molar-refractivity contribution in [3.05, 3.63) is 71.8 Å². The first-order valence-corrected chi connectivity index (χ1v) is 8.57. The van der Waals surface area contributed by atoms with Crippen LogP contribution in [0.15, 0.2) is 60.7 Å². The van der Waals surface area contributed by atoms with E-state index in [1.807, 2.05) is 65.4 Å². The standard InChI is InChI=1S/C16H17NO4S/c1-22(19,20)17-15(18)12-21-16(13-8-4-2-5-9-13)14-10-6-3-7-11-14/h2-11,16H,12H2,1H3,(H,17,18). The van der Waals surface area contributed by atoms with Gasteiger partial charge in [-0.3, -0.25) is 9.52 Å². The molecule has 0 fully saturated rings. The van der Waals surface area contributed by atoms with Crippen LogP contribution in [0.25, 0.3) is 0 Å². The first-order chi connectivity index (χ1) is 10.5. The minimum atomic E-state index is -3.58. The lowest BCUT2D eigenvalue weighted by Crippen LogP contribution is -2.33. The maximum atomic E-state index is 11.6. The molecule has 0 saturated heterocycles. The van der Waals surface area contributed by atoms with Gasteiger partial charge in [-0.25, -0.2) is 8.42 Å². The molecule has 0 radical (unpaired) electrons. The van der Waals surface area contributed by atoms with Crippen molar-refractivity contribution in [1.29, 1.82) is 0 Å². The number of amides is 1. The number of hydrogen-bond acceptors (Lipinski definition) is 4.